The van der Waals surface area contributed by atoms with Crippen LogP contribution in [0.1, 0.15) is 42.5 Å². The summed E-state index contributed by atoms with van der Waals surface area (Å²) in [6.45, 7) is 0. The Hall–Kier alpha value is -2.88. The standard InChI is InChI=1S/C22H20O4/c23-21(25-18-10-2-1-3-11-18)17-9-6-8-15(13-17)19-14-16-7-4-5-12-20(16)26-22(19)24/h4-9,12-14,18H,1-3,10-11H2. The zero-order valence-electron chi connectivity index (χ0n) is 14.4. The maximum absolute atomic E-state index is 12.5. The van der Waals surface area contributed by atoms with Crippen LogP contribution < -0.4 is 5.63 Å². The van der Waals surface area contributed by atoms with Crippen LogP contribution in [-0.2, 0) is 4.74 Å². The van der Waals surface area contributed by atoms with E-state index in [9.17, 15) is 9.59 Å². The van der Waals surface area contributed by atoms with Gasteiger partial charge in [-0.25, -0.2) is 9.59 Å². The fourth-order valence-electron chi connectivity index (χ4n) is 3.48. The van der Waals surface area contributed by atoms with Crippen molar-refractivity contribution < 1.29 is 13.9 Å². The van der Waals surface area contributed by atoms with Crippen LogP contribution in [0, 0.1) is 0 Å². The number of hydrogen-bond donors (Lipinski definition) is 0. The molecule has 4 rings (SSSR count). The molecule has 0 aliphatic heterocycles. The first-order valence-corrected chi connectivity index (χ1v) is 9.05. The van der Waals surface area contributed by atoms with E-state index in [0.29, 0.717) is 22.3 Å². The molecule has 3 aromatic rings. The van der Waals surface area contributed by atoms with E-state index in [1.807, 2.05) is 18.2 Å². The molecular formula is C22H20O4. The van der Waals surface area contributed by atoms with E-state index in [2.05, 4.69) is 0 Å². The van der Waals surface area contributed by atoms with Crippen molar-refractivity contribution in [1.29, 1.82) is 0 Å². The molecule has 0 amide bonds. The lowest BCUT2D eigenvalue weighted by atomic mass is 9.97. The molecule has 1 heterocycles. The van der Waals surface area contributed by atoms with Crippen LogP contribution >= 0.6 is 0 Å². The number of rotatable bonds is 3. The number of carbonyl (C=O) groups excluding carboxylic acids is 1. The smallest absolute Gasteiger partial charge is 0.344 e. The molecule has 132 valence electrons. The third-order valence-electron chi connectivity index (χ3n) is 4.88. The number of hydrogen-bond acceptors (Lipinski definition) is 4. The highest BCUT2D eigenvalue weighted by Crippen LogP contribution is 2.24. The summed E-state index contributed by atoms with van der Waals surface area (Å²) in [5, 5.41) is 0.845. The summed E-state index contributed by atoms with van der Waals surface area (Å²) in [5.74, 6) is -0.330. The molecule has 4 nitrogen and oxygen atoms in total. The molecule has 0 atom stereocenters. The van der Waals surface area contributed by atoms with Crippen LogP contribution in [0.5, 0.6) is 0 Å². The Morgan fingerprint density at radius 1 is 0.962 bits per heavy atom. The predicted molar refractivity (Wildman–Crippen MR) is 100 cm³/mol. The van der Waals surface area contributed by atoms with Gasteiger partial charge in [-0.05, 0) is 55.5 Å². The van der Waals surface area contributed by atoms with Crippen LogP contribution in [-0.4, -0.2) is 12.1 Å². The van der Waals surface area contributed by atoms with Gasteiger partial charge < -0.3 is 9.15 Å². The second kappa shape index (κ2) is 7.16. The first-order valence-electron chi connectivity index (χ1n) is 9.05. The van der Waals surface area contributed by atoms with E-state index in [4.69, 9.17) is 9.15 Å². The SMILES string of the molecule is O=C(OC1CCCCC1)c1cccc(-c2cc3ccccc3oc2=O)c1. The predicted octanol–water partition coefficient (Wildman–Crippen LogP) is 4.95. The van der Waals surface area contributed by atoms with Crippen LogP contribution in [0.4, 0.5) is 0 Å². The quantitative estimate of drug-likeness (QED) is 0.496. The molecule has 2 aromatic carbocycles. The Morgan fingerprint density at radius 3 is 2.62 bits per heavy atom. The van der Waals surface area contributed by atoms with E-state index in [1.54, 1.807) is 36.4 Å². The zero-order chi connectivity index (χ0) is 17.9. The Morgan fingerprint density at radius 2 is 1.77 bits per heavy atom. The summed E-state index contributed by atoms with van der Waals surface area (Å²) in [5.41, 5.74) is 1.69. The van der Waals surface area contributed by atoms with Crippen molar-refractivity contribution in [3.05, 3.63) is 70.6 Å². The van der Waals surface area contributed by atoms with Gasteiger partial charge in [0.25, 0.3) is 0 Å². The maximum atomic E-state index is 12.5. The van der Waals surface area contributed by atoms with Crippen molar-refractivity contribution >= 4 is 16.9 Å². The van der Waals surface area contributed by atoms with Gasteiger partial charge in [0.15, 0.2) is 0 Å². The van der Waals surface area contributed by atoms with Gasteiger partial charge >= 0.3 is 11.6 Å². The fourth-order valence-corrected chi connectivity index (χ4v) is 3.48. The Labute approximate surface area is 151 Å². The monoisotopic (exact) mass is 348 g/mol. The van der Waals surface area contributed by atoms with E-state index in [1.165, 1.54) is 6.42 Å². The normalized spacial score (nSPS) is 15.1. The molecule has 1 aromatic heterocycles. The number of para-hydroxylation sites is 1. The molecule has 0 saturated heterocycles. The maximum Gasteiger partial charge on any atom is 0.344 e. The first-order chi connectivity index (χ1) is 12.7. The van der Waals surface area contributed by atoms with Gasteiger partial charge in [0, 0.05) is 5.39 Å². The highest BCUT2D eigenvalue weighted by Gasteiger charge is 2.19. The lowest BCUT2D eigenvalue weighted by molar-refractivity contribution is 0.0211. The van der Waals surface area contributed by atoms with E-state index in [-0.39, 0.29) is 12.1 Å². The molecule has 4 heteroatoms. The van der Waals surface area contributed by atoms with Crippen molar-refractivity contribution in [2.45, 2.75) is 38.2 Å². The topological polar surface area (TPSA) is 56.5 Å². The number of fused-ring (bicyclic) bond motifs is 1. The molecule has 1 aliphatic rings. The molecule has 26 heavy (non-hydrogen) atoms. The van der Waals surface area contributed by atoms with Gasteiger partial charge in [-0.3, -0.25) is 0 Å². The average Bonchev–Trinajstić information content (AvgIpc) is 2.68. The van der Waals surface area contributed by atoms with Gasteiger partial charge in [-0.1, -0.05) is 36.8 Å². The molecule has 0 spiro atoms. The Kier molecular flexibility index (Phi) is 4.57. The lowest BCUT2D eigenvalue weighted by Crippen LogP contribution is -2.20. The third-order valence-corrected chi connectivity index (χ3v) is 4.88. The minimum atomic E-state index is -0.415. The summed E-state index contributed by atoms with van der Waals surface area (Å²) in [4.78, 5) is 24.8. The fraction of sp³-hybridized carbons (Fsp3) is 0.273. The van der Waals surface area contributed by atoms with E-state index in [0.717, 1.165) is 31.1 Å². The molecule has 1 aliphatic carbocycles. The largest absolute Gasteiger partial charge is 0.459 e. The van der Waals surface area contributed by atoms with E-state index >= 15 is 0 Å². The summed E-state index contributed by atoms with van der Waals surface area (Å²) in [7, 11) is 0. The van der Waals surface area contributed by atoms with Crippen LogP contribution in [0.25, 0.3) is 22.1 Å². The summed E-state index contributed by atoms with van der Waals surface area (Å²) in [6, 6.07) is 16.2. The first kappa shape index (κ1) is 16.6. The summed E-state index contributed by atoms with van der Waals surface area (Å²) in [6.07, 6.45) is 5.29. The van der Waals surface area contributed by atoms with E-state index < -0.39 is 5.63 Å². The minimum absolute atomic E-state index is 0.00523. The molecule has 1 saturated carbocycles. The van der Waals surface area contributed by atoms with Crippen molar-refractivity contribution in [2.75, 3.05) is 0 Å². The van der Waals surface area contributed by atoms with Gasteiger partial charge in [0.05, 0.1) is 11.1 Å². The van der Waals surface area contributed by atoms with Gasteiger partial charge in [0.1, 0.15) is 11.7 Å². The number of benzene rings is 2. The highest BCUT2D eigenvalue weighted by atomic mass is 16.5. The summed E-state index contributed by atoms with van der Waals surface area (Å²) >= 11 is 0. The van der Waals surface area contributed by atoms with Crippen LogP contribution in [0.15, 0.2) is 63.8 Å². The van der Waals surface area contributed by atoms with Gasteiger partial charge in [-0.2, -0.15) is 0 Å². The lowest BCUT2D eigenvalue weighted by Gasteiger charge is -2.21. The molecule has 0 unspecified atom stereocenters. The zero-order valence-corrected chi connectivity index (χ0v) is 14.4. The number of ether oxygens (including phenoxy) is 1. The van der Waals surface area contributed by atoms with Crippen molar-refractivity contribution in [3.8, 4) is 11.1 Å². The van der Waals surface area contributed by atoms with Crippen LogP contribution in [0.2, 0.25) is 0 Å². The Bertz CT molecular complexity index is 996. The van der Waals surface area contributed by atoms with Crippen LogP contribution in [0.3, 0.4) is 0 Å². The minimum Gasteiger partial charge on any atom is -0.459 e. The second-order valence-corrected chi connectivity index (χ2v) is 6.73. The summed E-state index contributed by atoms with van der Waals surface area (Å²) < 4.78 is 11.0. The van der Waals surface area contributed by atoms with Crippen molar-refractivity contribution in [2.24, 2.45) is 0 Å². The molecule has 0 bridgehead atoms. The molecule has 0 N–H and O–H groups in total. The average molecular weight is 348 g/mol. The number of carbonyl (C=O) groups is 1. The number of esters is 1. The van der Waals surface area contributed by atoms with Crippen molar-refractivity contribution in [1.82, 2.24) is 0 Å². The highest BCUT2D eigenvalue weighted by molar-refractivity contribution is 5.91. The molecule has 0 radical (unpaired) electrons. The van der Waals surface area contributed by atoms with Crippen molar-refractivity contribution in [3.63, 3.8) is 0 Å². The molecule has 1 fully saturated rings. The van der Waals surface area contributed by atoms with Gasteiger partial charge in [-0.15, -0.1) is 0 Å². The third kappa shape index (κ3) is 3.40. The molecular weight excluding hydrogens is 328 g/mol. The Balaban J connectivity index is 1.64. The van der Waals surface area contributed by atoms with Gasteiger partial charge in [0.2, 0.25) is 0 Å². The second-order valence-electron chi connectivity index (χ2n) is 6.73.